The molecule has 1 aromatic heterocycles. The van der Waals surface area contributed by atoms with Gasteiger partial charge in [0.15, 0.2) is 0 Å². The number of nitrogens with zero attached hydrogens (tertiary/aromatic N) is 2. The normalized spacial score (nSPS) is 10.6. The van der Waals surface area contributed by atoms with Gasteiger partial charge in [-0.25, -0.2) is 0 Å². The van der Waals surface area contributed by atoms with Gasteiger partial charge in [0, 0.05) is 4.47 Å². The zero-order valence-corrected chi connectivity index (χ0v) is 25.2. The lowest BCUT2D eigenvalue weighted by atomic mass is 10.2. The number of thioether (sulfide) groups is 1. The number of benzene rings is 3. The summed E-state index contributed by atoms with van der Waals surface area (Å²) in [5.41, 5.74) is 1.30. The molecule has 0 aliphatic rings. The van der Waals surface area contributed by atoms with E-state index in [1.54, 1.807) is 36.4 Å². The van der Waals surface area contributed by atoms with Crippen molar-refractivity contribution < 1.29 is 31.1 Å². The molecule has 2 N–H and O–H groups in total. The monoisotopic (exact) mass is 694 g/mol. The minimum atomic E-state index is -0.422. The molecule has 3 aromatic carbocycles. The average Bonchev–Trinajstić information content (AvgIpc) is 3.25. The number of rotatable bonds is 8. The molecule has 0 aliphatic heterocycles. The maximum absolute atomic E-state index is 12.8. The molecule has 0 bridgehead atoms. The van der Waals surface area contributed by atoms with E-state index in [9.17, 15) is 9.59 Å². The van der Waals surface area contributed by atoms with Gasteiger partial charge >= 0.3 is 11.1 Å². The Hall–Kier alpha value is -1.98. The fraction of sp³-hybridized carbons (Fsp3) is 0.0833. The molecule has 4 rings (SSSR count). The number of amides is 2. The van der Waals surface area contributed by atoms with Crippen LogP contribution in [-0.4, -0.2) is 22.7 Å². The van der Waals surface area contributed by atoms with E-state index in [0.717, 1.165) is 16.2 Å². The van der Waals surface area contributed by atoms with Crippen molar-refractivity contribution in [3.63, 3.8) is 0 Å². The van der Waals surface area contributed by atoms with Gasteiger partial charge in [-0.15, -0.1) is 0 Å². The van der Waals surface area contributed by atoms with Crippen molar-refractivity contribution in [1.82, 2.24) is 5.10 Å². The quantitative estimate of drug-likeness (QED) is 0.211. The van der Waals surface area contributed by atoms with Crippen LogP contribution >= 0.6 is 74.1 Å². The highest BCUT2D eigenvalue weighted by Gasteiger charge is 2.28. The highest BCUT2D eigenvalue weighted by molar-refractivity contribution is 9.10. The molecule has 198 valence electrons. The van der Waals surface area contributed by atoms with Crippen molar-refractivity contribution >= 4 is 97.3 Å². The molecule has 0 spiro atoms. The Balaban J connectivity index is 0.00000400. The van der Waals surface area contributed by atoms with Crippen molar-refractivity contribution in [2.24, 2.45) is 0 Å². The van der Waals surface area contributed by atoms with Crippen LogP contribution in [0.2, 0.25) is 20.1 Å². The number of aromatic nitrogens is 2. The summed E-state index contributed by atoms with van der Waals surface area (Å²) in [6.07, 6.45) is 0. The topological polar surface area (TPSA) is 88.1 Å². The largest absolute Gasteiger partial charge is 1.00 e. The first-order valence-electron chi connectivity index (χ1n) is 10.5. The molecule has 7 nitrogen and oxygen atoms in total. The number of hydrogen-bond donors (Lipinski definition) is 2. The van der Waals surface area contributed by atoms with Gasteiger partial charge in [-0.3, -0.25) is 9.59 Å². The van der Waals surface area contributed by atoms with E-state index in [0.29, 0.717) is 42.9 Å². The van der Waals surface area contributed by atoms with E-state index in [-0.39, 0.29) is 35.8 Å². The summed E-state index contributed by atoms with van der Waals surface area (Å²) in [6.45, 7) is -0.196. The van der Waals surface area contributed by atoms with E-state index in [2.05, 4.69) is 31.7 Å². The Kier molecular flexibility index (Phi) is 11.2. The molecule has 0 radical (unpaired) electrons. The zero-order valence-electron chi connectivity index (χ0n) is 19.0. The maximum Gasteiger partial charge on any atom is 0.408 e. The lowest BCUT2D eigenvalue weighted by Crippen LogP contribution is -3.00. The number of carbonyl (C=O) groups excluding carboxylic acids is 2. The summed E-state index contributed by atoms with van der Waals surface area (Å²) in [4.78, 5) is 25.3. The van der Waals surface area contributed by atoms with Crippen molar-refractivity contribution in [3.05, 3.63) is 85.2 Å². The number of anilines is 2. The Morgan fingerprint density at radius 2 is 1.34 bits per heavy atom. The van der Waals surface area contributed by atoms with Crippen LogP contribution in [-0.2, 0) is 16.1 Å². The van der Waals surface area contributed by atoms with Gasteiger partial charge in [-0.2, -0.15) is 0 Å². The van der Waals surface area contributed by atoms with Gasteiger partial charge in [0.05, 0.1) is 47.9 Å². The number of carbonyl (C=O) groups is 2. The second-order valence-electron chi connectivity index (χ2n) is 7.42. The molecular formula is C24H16BrCl5N4O3S. The lowest BCUT2D eigenvalue weighted by molar-refractivity contribution is -0.733. The van der Waals surface area contributed by atoms with Crippen molar-refractivity contribution in [3.8, 4) is 11.5 Å². The smallest absolute Gasteiger partial charge is 0.408 e. The molecule has 38 heavy (non-hydrogen) atoms. The molecule has 0 atom stereocenters. The molecule has 0 fully saturated rings. The molecule has 0 unspecified atom stereocenters. The lowest BCUT2D eigenvalue weighted by Gasteiger charge is -2.07. The predicted molar refractivity (Wildman–Crippen MR) is 151 cm³/mol. The summed E-state index contributed by atoms with van der Waals surface area (Å²) in [6, 6.07) is 17.1. The molecule has 0 saturated heterocycles. The summed E-state index contributed by atoms with van der Waals surface area (Å²) < 4.78 is 8.19. The van der Waals surface area contributed by atoms with Crippen LogP contribution in [0.3, 0.4) is 0 Å². The molecule has 14 heteroatoms. The molecule has 0 saturated carbocycles. The highest BCUT2D eigenvalue weighted by Crippen LogP contribution is 2.31. The van der Waals surface area contributed by atoms with Crippen LogP contribution < -0.4 is 27.7 Å². The standard InChI is InChI=1S/C24H15BrCl4N4O3S.ClH/c25-14-9-7-13(8-10-14)23-33(11-19(34)30-21-15(26)3-1-4-16(21)27)32-24(36-23)37-12-20(35)31-22-17(28)5-2-6-18(22)29;/h1-10H,11-12H2,(H-,30,31,34,35);1H. The highest BCUT2D eigenvalue weighted by atomic mass is 79.9. The van der Waals surface area contributed by atoms with Crippen LogP contribution in [0, 0.1) is 0 Å². The molecule has 2 amide bonds. The zero-order chi connectivity index (χ0) is 26.5. The van der Waals surface area contributed by atoms with Crippen LogP contribution in [0.15, 0.2) is 74.8 Å². The molecule has 1 heterocycles. The third-order valence-electron chi connectivity index (χ3n) is 4.79. The second kappa shape index (κ2) is 13.9. The van der Waals surface area contributed by atoms with Gasteiger partial charge in [0.25, 0.3) is 12.5 Å². The average molecular weight is 698 g/mol. The minimum Gasteiger partial charge on any atom is -1.00 e. The number of nitrogens with one attached hydrogen (secondary N) is 2. The second-order valence-corrected chi connectivity index (χ2v) is 10.9. The van der Waals surface area contributed by atoms with Crippen LogP contribution in [0.5, 0.6) is 0 Å². The summed E-state index contributed by atoms with van der Waals surface area (Å²) >= 11 is 29.0. The van der Waals surface area contributed by atoms with E-state index in [1.165, 1.54) is 4.68 Å². The number of halogens is 6. The maximum atomic E-state index is 12.8. The first-order chi connectivity index (χ1) is 17.7. The molecular weight excluding hydrogens is 682 g/mol. The van der Waals surface area contributed by atoms with Crippen molar-refractivity contribution in [1.29, 1.82) is 0 Å². The summed E-state index contributed by atoms with van der Waals surface area (Å²) in [5, 5.41) is 11.2. The van der Waals surface area contributed by atoms with Crippen molar-refractivity contribution in [2.75, 3.05) is 16.4 Å². The Morgan fingerprint density at radius 1 is 0.842 bits per heavy atom. The van der Waals surface area contributed by atoms with E-state index < -0.39 is 5.91 Å². The van der Waals surface area contributed by atoms with Gasteiger partial charge in [-0.05, 0) is 53.2 Å². The Bertz CT molecular complexity index is 1430. The Morgan fingerprint density at radius 3 is 1.87 bits per heavy atom. The summed E-state index contributed by atoms with van der Waals surface area (Å²) in [7, 11) is 0. The predicted octanol–water partition coefficient (Wildman–Crippen LogP) is 4.38. The van der Waals surface area contributed by atoms with Crippen LogP contribution in [0.4, 0.5) is 11.4 Å². The van der Waals surface area contributed by atoms with Crippen LogP contribution in [0.25, 0.3) is 11.5 Å². The number of para-hydroxylation sites is 2. The Labute approximate surface area is 256 Å². The minimum absolute atomic E-state index is 0. The van der Waals surface area contributed by atoms with Gasteiger partial charge in [-0.1, -0.05) is 86.2 Å². The SMILES string of the molecule is O=C(CSc1n[n+](CC(=O)Nc2c(Cl)cccc2Cl)c(-c2ccc(Br)cc2)o1)Nc1c(Cl)cccc1Cl.[Cl-]. The third-order valence-corrected chi connectivity index (χ3v) is 7.39. The first kappa shape index (κ1) is 30.6. The van der Waals surface area contributed by atoms with E-state index in [1.807, 2.05) is 24.3 Å². The van der Waals surface area contributed by atoms with E-state index in [4.69, 9.17) is 50.8 Å². The third kappa shape index (κ3) is 7.79. The fourth-order valence-electron chi connectivity index (χ4n) is 3.12. The first-order valence-corrected chi connectivity index (χ1v) is 13.8. The van der Waals surface area contributed by atoms with E-state index >= 15 is 0 Å². The van der Waals surface area contributed by atoms with Gasteiger partial charge in [0.1, 0.15) is 0 Å². The van der Waals surface area contributed by atoms with Gasteiger partial charge < -0.3 is 27.5 Å². The number of hydrogen-bond acceptors (Lipinski definition) is 5. The fourth-order valence-corrected chi connectivity index (χ4v) is 4.99. The van der Waals surface area contributed by atoms with Crippen LogP contribution in [0.1, 0.15) is 0 Å². The molecule has 4 aromatic rings. The van der Waals surface area contributed by atoms with Crippen molar-refractivity contribution in [2.45, 2.75) is 11.8 Å². The molecule has 0 aliphatic carbocycles. The van der Waals surface area contributed by atoms with Gasteiger partial charge in [0.2, 0.25) is 5.91 Å². The summed E-state index contributed by atoms with van der Waals surface area (Å²) in [5.74, 6) is -0.496.